The van der Waals surface area contributed by atoms with Crippen molar-refractivity contribution >= 4 is 29.2 Å². The molecule has 0 radical (unpaired) electrons. The molecule has 2 aliphatic heterocycles. The van der Waals surface area contributed by atoms with Crippen LogP contribution < -0.4 is 0 Å². The topological polar surface area (TPSA) is 99.9 Å². The van der Waals surface area contributed by atoms with Gasteiger partial charge in [-0.3, -0.25) is 19.4 Å². The van der Waals surface area contributed by atoms with E-state index in [9.17, 15) is 18.8 Å². The molecule has 4 amide bonds. The summed E-state index contributed by atoms with van der Waals surface area (Å²) in [7, 11) is 0. The summed E-state index contributed by atoms with van der Waals surface area (Å²) in [4.78, 5) is 46.9. The van der Waals surface area contributed by atoms with Gasteiger partial charge in [0.1, 0.15) is 5.82 Å². The molecule has 170 valence electrons. The number of nitrogens with zero attached hydrogens (tertiary/aromatic N) is 5. The molecule has 1 unspecified atom stereocenters. The fraction of sp³-hybridized carbons (Fsp3) is 0.318. The molecular weight excluding hydrogens is 449 g/mol. The van der Waals surface area contributed by atoms with E-state index < -0.39 is 17.8 Å². The third kappa shape index (κ3) is 4.29. The predicted molar refractivity (Wildman–Crippen MR) is 115 cm³/mol. The van der Waals surface area contributed by atoms with Crippen molar-refractivity contribution in [3.63, 3.8) is 0 Å². The number of urea groups is 1. The number of rotatable bonds is 6. The number of imide groups is 2. The van der Waals surface area contributed by atoms with Gasteiger partial charge in [-0.1, -0.05) is 11.2 Å². The summed E-state index contributed by atoms with van der Waals surface area (Å²) in [5, 5.41) is 5.86. The standard InChI is InChI=1S/C22H20FN5O4S/c23-16-7-5-14(6-8-16)18-24-19(32-25-18)15-3-1-9-26(11-15)13-28-21(30)20(29)27(22(28)31)12-17-4-2-10-33-17/h2,4-8,10,15H,1,3,9,11-13H2. The number of carbonyl (C=O) groups is 3. The van der Waals surface area contributed by atoms with Crippen LogP contribution in [0, 0.1) is 5.82 Å². The molecule has 0 saturated carbocycles. The average Bonchev–Trinajstić information content (AvgIpc) is 3.56. The summed E-state index contributed by atoms with van der Waals surface area (Å²) in [6.07, 6.45) is 1.62. The number of halogens is 1. The Morgan fingerprint density at radius 1 is 1.09 bits per heavy atom. The average molecular weight is 469 g/mol. The first kappa shape index (κ1) is 21.4. The van der Waals surface area contributed by atoms with Gasteiger partial charge in [-0.25, -0.2) is 14.1 Å². The Hall–Kier alpha value is -3.44. The van der Waals surface area contributed by atoms with Crippen LogP contribution >= 0.6 is 11.3 Å². The molecule has 1 atom stereocenters. The monoisotopic (exact) mass is 469 g/mol. The first-order valence-electron chi connectivity index (χ1n) is 10.5. The van der Waals surface area contributed by atoms with Crippen LogP contribution in [-0.2, 0) is 16.1 Å². The van der Waals surface area contributed by atoms with E-state index in [-0.39, 0.29) is 24.9 Å². The van der Waals surface area contributed by atoms with E-state index in [0.29, 0.717) is 30.4 Å². The van der Waals surface area contributed by atoms with Gasteiger partial charge in [0.15, 0.2) is 0 Å². The van der Waals surface area contributed by atoms with E-state index in [4.69, 9.17) is 4.52 Å². The lowest BCUT2D eigenvalue weighted by Crippen LogP contribution is -2.45. The van der Waals surface area contributed by atoms with E-state index in [0.717, 1.165) is 27.5 Å². The quantitative estimate of drug-likeness (QED) is 0.404. The highest BCUT2D eigenvalue weighted by atomic mass is 32.1. The summed E-state index contributed by atoms with van der Waals surface area (Å²) in [5.41, 5.74) is 0.650. The Kier molecular flexibility index (Phi) is 5.73. The highest BCUT2D eigenvalue weighted by Crippen LogP contribution is 2.28. The summed E-state index contributed by atoms with van der Waals surface area (Å²) >= 11 is 1.42. The molecule has 4 heterocycles. The molecule has 0 N–H and O–H groups in total. The zero-order chi connectivity index (χ0) is 22.9. The van der Waals surface area contributed by atoms with Crippen molar-refractivity contribution in [2.45, 2.75) is 25.3 Å². The van der Waals surface area contributed by atoms with Gasteiger partial charge >= 0.3 is 17.8 Å². The van der Waals surface area contributed by atoms with Gasteiger partial charge in [0.2, 0.25) is 11.7 Å². The van der Waals surface area contributed by atoms with Crippen LogP contribution in [0.2, 0.25) is 0 Å². The van der Waals surface area contributed by atoms with Crippen LogP contribution in [0.25, 0.3) is 11.4 Å². The van der Waals surface area contributed by atoms with E-state index >= 15 is 0 Å². The minimum Gasteiger partial charge on any atom is -0.339 e. The molecule has 2 aromatic heterocycles. The Bertz CT molecular complexity index is 1180. The lowest BCUT2D eigenvalue weighted by Gasteiger charge is -2.32. The lowest BCUT2D eigenvalue weighted by molar-refractivity contribution is -0.144. The van der Waals surface area contributed by atoms with Crippen LogP contribution in [0.15, 0.2) is 46.3 Å². The van der Waals surface area contributed by atoms with Gasteiger partial charge in [0.05, 0.1) is 19.1 Å². The number of likely N-dealkylation sites (tertiary alicyclic amines) is 1. The molecule has 5 rings (SSSR count). The van der Waals surface area contributed by atoms with Crippen LogP contribution in [0.4, 0.5) is 9.18 Å². The van der Waals surface area contributed by atoms with Crippen molar-refractivity contribution in [2.24, 2.45) is 0 Å². The lowest BCUT2D eigenvalue weighted by atomic mass is 9.98. The molecule has 2 saturated heterocycles. The third-order valence-electron chi connectivity index (χ3n) is 5.77. The molecule has 1 aromatic carbocycles. The summed E-state index contributed by atoms with van der Waals surface area (Å²) in [6, 6.07) is 8.88. The molecule has 2 aliphatic rings. The number of benzene rings is 1. The normalized spacial score (nSPS) is 19.7. The van der Waals surface area contributed by atoms with E-state index in [1.807, 2.05) is 22.4 Å². The number of aromatic nitrogens is 2. The van der Waals surface area contributed by atoms with E-state index in [1.54, 1.807) is 12.1 Å². The maximum Gasteiger partial charge on any atom is 0.335 e. The maximum absolute atomic E-state index is 13.2. The van der Waals surface area contributed by atoms with Gasteiger partial charge in [-0.05, 0) is 55.1 Å². The highest BCUT2D eigenvalue weighted by molar-refractivity contribution is 7.09. The second kappa shape index (κ2) is 8.83. The Morgan fingerprint density at radius 3 is 2.64 bits per heavy atom. The van der Waals surface area contributed by atoms with E-state index in [2.05, 4.69) is 10.1 Å². The van der Waals surface area contributed by atoms with Crippen molar-refractivity contribution in [2.75, 3.05) is 19.8 Å². The zero-order valence-corrected chi connectivity index (χ0v) is 18.3. The van der Waals surface area contributed by atoms with Gasteiger partial charge in [0.25, 0.3) is 0 Å². The molecular formula is C22H20FN5O4S. The van der Waals surface area contributed by atoms with Gasteiger partial charge in [-0.2, -0.15) is 4.98 Å². The molecule has 33 heavy (non-hydrogen) atoms. The first-order chi connectivity index (χ1) is 16.0. The largest absolute Gasteiger partial charge is 0.339 e. The summed E-state index contributed by atoms with van der Waals surface area (Å²) in [6.45, 7) is 1.29. The predicted octanol–water partition coefficient (Wildman–Crippen LogP) is 3.07. The highest BCUT2D eigenvalue weighted by Gasteiger charge is 2.45. The molecule has 2 fully saturated rings. The first-order valence-corrected chi connectivity index (χ1v) is 11.4. The summed E-state index contributed by atoms with van der Waals surface area (Å²) < 4.78 is 18.6. The van der Waals surface area contributed by atoms with Gasteiger partial charge in [0, 0.05) is 17.0 Å². The molecule has 3 aromatic rings. The molecule has 0 aliphatic carbocycles. The smallest absolute Gasteiger partial charge is 0.335 e. The van der Waals surface area contributed by atoms with Crippen LogP contribution in [0.1, 0.15) is 29.5 Å². The fourth-order valence-corrected chi connectivity index (χ4v) is 4.77. The third-order valence-corrected chi connectivity index (χ3v) is 6.63. The number of piperidine rings is 1. The van der Waals surface area contributed by atoms with Crippen molar-refractivity contribution in [3.05, 3.63) is 58.4 Å². The van der Waals surface area contributed by atoms with E-state index in [1.165, 1.54) is 23.5 Å². The van der Waals surface area contributed by atoms with Gasteiger partial charge in [-0.15, -0.1) is 11.3 Å². The number of hydrogen-bond acceptors (Lipinski definition) is 8. The van der Waals surface area contributed by atoms with Crippen molar-refractivity contribution in [3.8, 4) is 11.4 Å². The van der Waals surface area contributed by atoms with Crippen molar-refractivity contribution in [1.29, 1.82) is 0 Å². The molecule has 9 nitrogen and oxygen atoms in total. The van der Waals surface area contributed by atoms with Crippen molar-refractivity contribution < 1.29 is 23.3 Å². The van der Waals surface area contributed by atoms with Crippen LogP contribution in [-0.4, -0.2) is 62.4 Å². The number of amides is 4. The Balaban J connectivity index is 1.25. The minimum atomic E-state index is -0.810. The summed E-state index contributed by atoms with van der Waals surface area (Å²) in [5.74, 6) is -1.21. The van der Waals surface area contributed by atoms with Crippen molar-refractivity contribution in [1.82, 2.24) is 24.8 Å². The van der Waals surface area contributed by atoms with Crippen LogP contribution in [0.5, 0.6) is 0 Å². The molecule has 0 bridgehead atoms. The Labute approximate surface area is 192 Å². The fourth-order valence-electron chi connectivity index (χ4n) is 4.08. The SMILES string of the molecule is O=C1C(=O)N(CN2CCCC(c3nc(-c4ccc(F)cc4)no3)C2)C(=O)N1Cc1cccs1. The van der Waals surface area contributed by atoms with Gasteiger partial charge < -0.3 is 4.52 Å². The van der Waals surface area contributed by atoms with Crippen LogP contribution in [0.3, 0.4) is 0 Å². The second-order valence-electron chi connectivity index (χ2n) is 8.01. The zero-order valence-electron chi connectivity index (χ0n) is 17.5. The Morgan fingerprint density at radius 2 is 1.88 bits per heavy atom. The molecule has 0 spiro atoms. The number of thiophene rings is 1. The number of hydrogen-bond donors (Lipinski definition) is 0. The number of carbonyl (C=O) groups excluding carboxylic acids is 3. The minimum absolute atomic E-state index is 0.0276. The second-order valence-corrected chi connectivity index (χ2v) is 9.04. The maximum atomic E-state index is 13.2. The molecule has 11 heteroatoms.